The van der Waals surface area contributed by atoms with E-state index in [1.165, 1.54) is 17.8 Å². The van der Waals surface area contributed by atoms with Crippen LogP contribution in [0, 0.1) is 0 Å². The summed E-state index contributed by atoms with van der Waals surface area (Å²) in [5.41, 5.74) is 1.75. The van der Waals surface area contributed by atoms with Crippen LogP contribution in [0.3, 0.4) is 0 Å². The van der Waals surface area contributed by atoms with Crippen molar-refractivity contribution >= 4 is 0 Å². The van der Waals surface area contributed by atoms with Gasteiger partial charge in [-0.2, -0.15) is 0 Å². The van der Waals surface area contributed by atoms with Crippen molar-refractivity contribution in [3.63, 3.8) is 0 Å². The molecule has 1 aliphatic heterocycles. The number of epoxide rings is 1. The second-order valence-corrected chi connectivity index (χ2v) is 2.30. The highest BCUT2D eigenvalue weighted by molar-refractivity contribution is 5.59. The molecule has 0 amide bonds. The van der Waals surface area contributed by atoms with Crippen LogP contribution in [0.5, 0.6) is 0 Å². The predicted molar refractivity (Wildman–Crippen MR) is 26.8 cm³/mol. The molecular weight excluding hydrogens is 88.1 g/mol. The molecule has 1 saturated heterocycles. The summed E-state index contributed by atoms with van der Waals surface area (Å²) in [5.74, 6) is 1.27. The fraction of sp³-hybridized carbons (Fsp3) is 0.667. The molecule has 0 aromatic rings. The monoisotopic (exact) mass is 96.1 g/mol. The fourth-order valence-corrected chi connectivity index (χ4v) is 1.14. The van der Waals surface area contributed by atoms with E-state index in [0.717, 1.165) is 0 Å². The molecule has 7 heavy (non-hydrogen) atoms. The Hall–Kier alpha value is -0.460. The van der Waals surface area contributed by atoms with Crippen molar-refractivity contribution in [3.8, 4) is 0 Å². The van der Waals surface area contributed by atoms with Crippen LogP contribution in [0.1, 0.15) is 20.3 Å². The largest absolute Gasteiger partial charge is 0.475 e. The van der Waals surface area contributed by atoms with E-state index in [4.69, 9.17) is 4.74 Å². The molecule has 1 nitrogen and oxygen atoms in total. The Balaban J connectivity index is 2.20. The zero-order valence-electron chi connectivity index (χ0n) is 4.62. The van der Waals surface area contributed by atoms with Crippen LogP contribution >= 0.6 is 0 Å². The van der Waals surface area contributed by atoms with Gasteiger partial charge in [0.1, 0.15) is 5.76 Å². The van der Waals surface area contributed by atoms with E-state index in [9.17, 15) is 0 Å². The Kier molecular flexibility index (Phi) is 0.314. The third-order valence-electron chi connectivity index (χ3n) is 1.84. The van der Waals surface area contributed by atoms with Crippen LogP contribution < -0.4 is 0 Å². The van der Waals surface area contributed by atoms with Gasteiger partial charge in [-0.15, -0.1) is 0 Å². The summed E-state index contributed by atoms with van der Waals surface area (Å²) in [7, 11) is 0. The summed E-state index contributed by atoms with van der Waals surface area (Å²) in [4.78, 5) is 0. The molecule has 1 heteroatoms. The highest BCUT2D eigenvalue weighted by Gasteiger charge is 2.68. The Morgan fingerprint density at radius 1 is 1.71 bits per heavy atom. The van der Waals surface area contributed by atoms with E-state index in [2.05, 4.69) is 13.8 Å². The van der Waals surface area contributed by atoms with Gasteiger partial charge in [0, 0.05) is 5.57 Å². The summed E-state index contributed by atoms with van der Waals surface area (Å²) in [5, 5.41) is 0. The minimum absolute atomic E-state index is 0.217. The van der Waals surface area contributed by atoms with Gasteiger partial charge in [0.05, 0.1) is 0 Å². The minimum atomic E-state index is 0.217. The second-order valence-electron chi connectivity index (χ2n) is 2.30. The number of rotatable bonds is 1. The summed E-state index contributed by atoms with van der Waals surface area (Å²) in [6, 6.07) is 0. The first-order chi connectivity index (χ1) is 3.29. The Morgan fingerprint density at radius 3 is 2.29 bits per heavy atom. The first-order valence-electron chi connectivity index (χ1n) is 2.72. The molecule has 38 valence electrons. The Morgan fingerprint density at radius 2 is 2.29 bits per heavy atom. The molecule has 1 aliphatic carbocycles. The third-order valence-corrected chi connectivity index (χ3v) is 1.84. The van der Waals surface area contributed by atoms with Crippen molar-refractivity contribution in [2.75, 3.05) is 0 Å². The molecular formula is C6H8O. The van der Waals surface area contributed by atoms with Gasteiger partial charge in [-0.1, -0.05) is 6.92 Å². The molecule has 0 N–H and O–H groups in total. The van der Waals surface area contributed by atoms with Crippen molar-refractivity contribution < 1.29 is 4.74 Å². The van der Waals surface area contributed by atoms with E-state index in [-0.39, 0.29) is 5.60 Å². The molecule has 0 bridgehead atoms. The van der Waals surface area contributed by atoms with Crippen molar-refractivity contribution in [2.45, 2.75) is 25.9 Å². The van der Waals surface area contributed by atoms with Crippen molar-refractivity contribution in [3.05, 3.63) is 11.3 Å². The Bertz CT molecular complexity index is 158. The predicted octanol–water partition coefficient (Wildman–Crippen LogP) is 1.45. The molecule has 0 radical (unpaired) electrons. The minimum Gasteiger partial charge on any atom is -0.475 e. The summed E-state index contributed by atoms with van der Waals surface area (Å²) >= 11 is 0. The molecule has 1 unspecified atom stereocenters. The number of hydrogen-bond acceptors (Lipinski definition) is 1. The highest BCUT2D eigenvalue weighted by Crippen LogP contribution is 2.65. The van der Waals surface area contributed by atoms with Gasteiger partial charge in [-0.05, 0) is 13.3 Å². The van der Waals surface area contributed by atoms with E-state index in [1.54, 1.807) is 0 Å². The molecule has 1 fully saturated rings. The molecule has 1 atom stereocenters. The van der Waals surface area contributed by atoms with Gasteiger partial charge in [-0.25, -0.2) is 0 Å². The van der Waals surface area contributed by atoms with Crippen LogP contribution in [0.25, 0.3) is 0 Å². The van der Waals surface area contributed by atoms with Gasteiger partial charge in [0.2, 0.25) is 0 Å². The normalized spacial score (nSPS) is 42.6. The SMILES string of the molecule is CCC1=C2OC12C. The lowest BCUT2D eigenvalue weighted by Crippen LogP contribution is -1.92. The summed E-state index contributed by atoms with van der Waals surface area (Å²) < 4.78 is 5.08. The zero-order valence-corrected chi connectivity index (χ0v) is 4.62. The van der Waals surface area contributed by atoms with E-state index < -0.39 is 0 Å². The molecule has 2 aliphatic rings. The molecule has 2 rings (SSSR count). The van der Waals surface area contributed by atoms with Crippen molar-refractivity contribution in [1.82, 2.24) is 0 Å². The van der Waals surface area contributed by atoms with Crippen molar-refractivity contribution in [2.24, 2.45) is 0 Å². The fourth-order valence-electron chi connectivity index (χ4n) is 1.14. The van der Waals surface area contributed by atoms with Crippen LogP contribution in [0.4, 0.5) is 0 Å². The van der Waals surface area contributed by atoms with Gasteiger partial charge in [-0.3, -0.25) is 0 Å². The average Bonchev–Trinajstić information content (AvgIpc) is 2.28. The zero-order chi connectivity index (χ0) is 5.07. The average molecular weight is 96.1 g/mol. The maximum Gasteiger partial charge on any atom is 0.187 e. The number of ether oxygens (including phenoxy) is 1. The molecule has 0 saturated carbocycles. The van der Waals surface area contributed by atoms with Crippen LogP contribution in [-0.4, -0.2) is 5.60 Å². The molecule has 0 aromatic heterocycles. The molecule has 0 spiro atoms. The van der Waals surface area contributed by atoms with Gasteiger partial charge < -0.3 is 4.74 Å². The lowest BCUT2D eigenvalue weighted by Gasteiger charge is -1.92. The first-order valence-corrected chi connectivity index (χ1v) is 2.72. The standard InChI is InChI=1S/C6H8O/c1-3-4-5-6(4,2)7-5/h3H2,1-2H3. The van der Waals surface area contributed by atoms with Gasteiger partial charge in [0.25, 0.3) is 0 Å². The summed E-state index contributed by atoms with van der Waals surface area (Å²) in [6.07, 6.45) is 1.19. The third kappa shape index (κ3) is 0.202. The first kappa shape index (κ1) is 3.53. The number of hydrogen-bond donors (Lipinski definition) is 0. The molecule has 0 aromatic carbocycles. The van der Waals surface area contributed by atoms with E-state index >= 15 is 0 Å². The summed E-state index contributed by atoms with van der Waals surface area (Å²) in [6.45, 7) is 4.30. The smallest absolute Gasteiger partial charge is 0.187 e. The topological polar surface area (TPSA) is 12.5 Å². The van der Waals surface area contributed by atoms with Crippen molar-refractivity contribution in [1.29, 1.82) is 0 Å². The maximum atomic E-state index is 5.08. The lowest BCUT2D eigenvalue weighted by molar-refractivity contribution is 0.334. The molecule has 1 heterocycles. The van der Waals surface area contributed by atoms with Crippen LogP contribution in [0.2, 0.25) is 0 Å². The van der Waals surface area contributed by atoms with Crippen LogP contribution in [-0.2, 0) is 4.74 Å². The highest BCUT2D eigenvalue weighted by atomic mass is 16.6. The van der Waals surface area contributed by atoms with E-state index in [0.29, 0.717) is 0 Å². The van der Waals surface area contributed by atoms with Gasteiger partial charge in [0.15, 0.2) is 5.60 Å². The van der Waals surface area contributed by atoms with Gasteiger partial charge >= 0.3 is 0 Å². The number of fused-ring (bicyclic) bond motifs is 1. The lowest BCUT2D eigenvalue weighted by atomic mass is 10.2. The quantitative estimate of drug-likeness (QED) is 0.450. The van der Waals surface area contributed by atoms with Crippen LogP contribution in [0.15, 0.2) is 11.3 Å². The second kappa shape index (κ2) is 0.623. The Labute approximate surface area is 43.0 Å². The van der Waals surface area contributed by atoms with E-state index in [1.807, 2.05) is 0 Å². The maximum absolute atomic E-state index is 5.08.